The lowest BCUT2D eigenvalue weighted by Gasteiger charge is -2.06. The molecule has 0 amide bonds. The topological polar surface area (TPSA) is 52.0 Å². The number of rotatable bonds is 1. The molecule has 0 aliphatic carbocycles. The maximum atomic E-state index is 5.84. The molecular formula is C11H22N2S. The summed E-state index contributed by atoms with van der Waals surface area (Å²) in [6.07, 6.45) is 2.05. The van der Waals surface area contributed by atoms with Crippen LogP contribution in [0.15, 0.2) is 17.0 Å². The van der Waals surface area contributed by atoms with Crippen molar-refractivity contribution >= 4 is 17.4 Å². The van der Waals surface area contributed by atoms with Gasteiger partial charge >= 0.3 is 0 Å². The Bertz CT molecular complexity index is 272. The highest BCUT2D eigenvalue weighted by molar-refractivity contribution is 7.98. The number of thioether (sulfide) groups is 1. The fourth-order valence-electron chi connectivity index (χ4n) is 1.11. The number of anilines is 1. The average molecular weight is 214 g/mol. The molecule has 1 aromatic carbocycles. The van der Waals surface area contributed by atoms with Crippen LogP contribution in [0.1, 0.15) is 18.6 Å². The Labute approximate surface area is 92.1 Å². The minimum Gasteiger partial charge on any atom is -0.398 e. The van der Waals surface area contributed by atoms with Crippen LogP contribution in [0.3, 0.4) is 0 Å². The van der Waals surface area contributed by atoms with Crippen LogP contribution < -0.4 is 11.5 Å². The first-order chi connectivity index (χ1) is 6.15. The molecule has 4 N–H and O–H groups in total. The van der Waals surface area contributed by atoms with Crippen LogP contribution >= 0.6 is 11.8 Å². The Balaban J connectivity index is 0. The van der Waals surface area contributed by atoms with E-state index in [0.717, 1.165) is 5.69 Å². The normalized spacial score (nSPS) is 8.36. The van der Waals surface area contributed by atoms with Crippen molar-refractivity contribution in [3.63, 3.8) is 0 Å². The van der Waals surface area contributed by atoms with Gasteiger partial charge in [0.2, 0.25) is 0 Å². The molecule has 14 heavy (non-hydrogen) atoms. The molecule has 0 atom stereocenters. The van der Waals surface area contributed by atoms with Gasteiger partial charge in [0, 0.05) is 10.6 Å². The lowest BCUT2D eigenvalue weighted by atomic mass is 10.1. The highest BCUT2D eigenvalue weighted by atomic mass is 32.2. The molecular weight excluding hydrogens is 192 g/mol. The zero-order chi connectivity index (χ0) is 10.4. The lowest BCUT2D eigenvalue weighted by molar-refractivity contribution is 1.30. The van der Waals surface area contributed by atoms with E-state index in [1.165, 1.54) is 23.1 Å². The molecule has 0 spiro atoms. The van der Waals surface area contributed by atoms with Crippen LogP contribution in [0.25, 0.3) is 0 Å². The largest absolute Gasteiger partial charge is 0.398 e. The third-order valence-corrected chi connectivity index (χ3v) is 2.49. The zero-order valence-corrected chi connectivity index (χ0v) is 9.53. The van der Waals surface area contributed by atoms with Gasteiger partial charge in [0.1, 0.15) is 0 Å². The highest BCUT2D eigenvalue weighted by Gasteiger charge is 2.00. The van der Waals surface area contributed by atoms with Crippen molar-refractivity contribution in [1.29, 1.82) is 0 Å². The second-order valence-corrected chi connectivity index (χ2v) is 3.55. The van der Waals surface area contributed by atoms with Gasteiger partial charge in [0.05, 0.1) is 0 Å². The van der Waals surface area contributed by atoms with E-state index in [1.807, 2.05) is 13.2 Å². The molecule has 0 saturated carbocycles. The summed E-state index contributed by atoms with van der Waals surface area (Å²) in [6.45, 7) is 4.13. The summed E-state index contributed by atoms with van der Waals surface area (Å²) in [5, 5.41) is 0. The van der Waals surface area contributed by atoms with Crippen molar-refractivity contribution in [1.82, 2.24) is 0 Å². The molecule has 0 radical (unpaired) electrons. The van der Waals surface area contributed by atoms with Gasteiger partial charge in [-0.2, -0.15) is 0 Å². The molecule has 3 heteroatoms. The molecule has 0 saturated heterocycles. The summed E-state index contributed by atoms with van der Waals surface area (Å²) in [7, 11) is 1.50. The molecule has 2 nitrogen and oxygen atoms in total. The Morgan fingerprint density at radius 2 is 1.64 bits per heavy atom. The van der Waals surface area contributed by atoms with E-state index in [-0.39, 0.29) is 7.43 Å². The van der Waals surface area contributed by atoms with Crippen molar-refractivity contribution in [2.45, 2.75) is 26.2 Å². The zero-order valence-electron chi connectivity index (χ0n) is 8.72. The summed E-state index contributed by atoms with van der Waals surface area (Å²) in [5.74, 6) is 0. The first-order valence-corrected chi connectivity index (χ1v) is 5.36. The van der Waals surface area contributed by atoms with Crippen molar-refractivity contribution in [2.75, 3.05) is 19.0 Å². The van der Waals surface area contributed by atoms with E-state index < -0.39 is 0 Å². The van der Waals surface area contributed by atoms with Gasteiger partial charge in [-0.1, -0.05) is 13.5 Å². The van der Waals surface area contributed by atoms with Crippen LogP contribution in [0, 0.1) is 13.8 Å². The number of nitrogen functional groups attached to an aromatic ring is 1. The number of hydrogen-bond donors (Lipinski definition) is 2. The van der Waals surface area contributed by atoms with E-state index >= 15 is 0 Å². The Kier molecular flexibility index (Phi) is 8.69. The molecule has 1 aromatic rings. The quantitative estimate of drug-likeness (QED) is 0.558. The third kappa shape index (κ3) is 4.03. The monoisotopic (exact) mass is 214 g/mol. The minimum absolute atomic E-state index is 0. The van der Waals surface area contributed by atoms with Crippen molar-refractivity contribution in [3.05, 3.63) is 23.3 Å². The van der Waals surface area contributed by atoms with Crippen LogP contribution in [0.2, 0.25) is 0 Å². The predicted octanol–water partition coefficient (Wildman–Crippen LogP) is 2.82. The fourth-order valence-corrected chi connectivity index (χ4v) is 1.79. The maximum Gasteiger partial charge on any atom is 0.0482 e. The van der Waals surface area contributed by atoms with E-state index in [1.54, 1.807) is 11.8 Å². The van der Waals surface area contributed by atoms with Crippen molar-refractivity contribution in [2.24, 2.45) is 5.73 Å². The van der Waals surface area contributed by atoms with Crippen LogP contribution in [-0.2, 0) is 0 Å². The van der Waals surface area contributed by atoms with Gasteiger partial charge in [0.25, 0.3) is 0 Å². The van der Waals surface area contributed by atoms with Gasteiger partial charge in [-0.15, -0.1) is 11.8 Å². The summed E-state index contributed by atoms with van der Waals surface area (Å²) in [5.41, 5.74) is 13.7. The summed E-state index contributed by atoms with van der Waals surface area (Å²) in [6, 6.07) is 4.22. The Morgan fingerprint density at radius 3 is 2.07 bits per heavy atom. The predicted molar refractivity (Wildman–Crippen MR) is 69.0 cm³/mol. The first kappa shape index (κ1) is 15.8. The SMILES string of the molecule is C.CN.CSc1cc(C)cc(C)c1N. The summed E-state index contributed by atoms with van der Waals surface area (Å²) < 4.78 is 0. The second-order valence-electron chi connectivity index (χ2n) is 2.70. The summed E-state index contributed by atoms with van der Waals surface area (Å²) in [4.78, 5) is 1.18. The molecule has 0 aromatic heterocycles. The second kappa shape index (κ2) is 7.71. The molecule has 0 bridgehead atoms. The fraction of sp³-hybridized carbons (Fsp3) is 0.455. The van der Waals surface area contributed by atoms with Gasteiger partial charge in [-0.3, -0.25) is 0 Å². The smallest absolute Gasteiger partial charge is 0.0482 e. The number of aryl methyl sites for hydroxylation is 2. The Morgan fingerprint density at radius 1 is 1.14 bits per heavy atom. The molecule has 0 aliphatic heterocycles. The van der Waals surface area contributed by atoms with Gasteiger partial charge in [-0.25, -0.2) is 0 Å². The van der Waals surface area contributed by atoms with E-state index in [4.69, 9.17) is 5.73 Å². The Hall–Kier alpha value is -0.670. The minimum atomic E-state index is 0. The molecule has 82 valence electrons. The summed E-state index contributed by atoms with van der Waals surface area (Å²) >= 11 is 1.70. The highest BCUT2D eigenvalue weighted by Crippen LogP contribution is 2.26. The maximum absolute atomic E-state index is 5.84. The number of nitrogens with two attached hydrogens (primary N) is 2. The number of hydrogen-bond acceptors (Lipinski definition) is 3. The van der Waals surface area contributed by atoms with Crippen LogP contribution in [0.4, 0.5) is 5.69 Å². The van der Waals surface area contributed by atoms with Crippen LogP contribution in [0.5, 0.6) is 0 Å². The molecule has 0 fully saturated rings. The lowest BCUT2D eigenvalue weighted by Crippen LogP contribution is -1.92. The van der Waals surface area contributed by atoms with Gasteiger partial charge in [-0.05, 0) is 44.3 Å². The van der Waals surface area contributed by atoms with E-state index in [0.29, 0.717) is 0 Å². The molecule has 0 heterocycles. The van der Waals surface area contributed by atoms with E-state index in [9.17, 15) is 0 Å². The standard InChI is InChI=1S/C9H13NS.CH5N.CH4/c1-6-4-7(2)9(10)8(5-6)11-3;1-2;/h4-5H,10H2,1-3H3;2H2,1H3;1H4. The molecule has 1 rings (SSSR count). The third-order valence-electron chi connectivity index (χ3n) is 1.71. The van der Waals surface area contributed by atoms with Crippen molar-refractivity contribution < 1.29 is 0 Å². The van der Waals surface area contributed by atoms with E-state index in [2.05, 4.69) is 24.8 Å². The van der Waals surface area contributed by atoms with Gasteiger partial charge < -0.3 is 11.5 Å². The molecule has 0 unspecified atom stereocenters. The van der Waals surface area contributed by atoms with Crippen molar-refractivity contribution in [3.8, 4) is 0 Å². The average Bonchev–Trinajstić information content (AvgIpc) is 2.14. The van der Waals surface area contributed by atoms with Gasteiger partial charge in [0.15, 0.2) is 0 Å². The first-order valence-electron chi connectivity index (χ1n) is 4.13. The van der Waals surface area contributed by atoms with Crippen LogP contribution in [-0.4, -0.2) is 13.3 Å². The molecule has 0 aliphatic rings. The number of benzene rings is 1.